The zero-order valence-electron chi connectivity index (χ0n) is 14.3. The summed E-state index contributed by atoms with van der Waals surface area (Å²) in [5, 5.41) is 2.44. The second-order valence-corrected chi connectivity index (χ2v) is 7.05. The van der Waals surface area contributed by atoms with E-state index in [1.807, 2.05) is 0 Å². The number of alkyl halides is 3. The van der Waals surface area contributed by atoms with E-state index >= 15 is 0 Å². The number of anilines is 1. The van der Waals surface area contributed by atoms with Crippen LogP contribution in [0.4, 0.5) is 23.7 Å². The molecular weight excluding hydrogens is 359 g/mol. The van der Waals surface area contributed by atoms with Gasteiger partial charge < -0.3 is 9.47 Å². The van der Waals surface area contributed by atoms with Crippen molar-refractivity contribution in [3.63, 3.8) is 0 Å². The minimum atomic E-state index is -4.51. The fourth-order valence-corrected chi connectivity index (χ4v) is 2.57. The first kappa shape index (κ1) is 21.1. The molecule has 0 bridgehead atoms. The monoisotopic (exact) mass is 379 g/mol. The number of carbonyl (C=O) groups excluding carboxylic acids is 2. The van der Waals surface area contributed by atoms with E-state index in [0.29, 0.717) is 0 Å². The topological polar surface area (TPSA) is 64.6 Å². The van der Waals surface area contributed by atoms with E-state index in [1.165, 1.54) is 13.2 Å². The summed E-state index contributed by atoms with van der Waals surface area (Å²) in [6.07, 6.45) is -5.28. The van der Waals surface area contributed by atoms with Crippen molar-refractivity contribution in [3.05, 3.63) is 29.3 Å². The third kappa shape index (κ3) is 7.68. The molecule has 1 rings (SSSR count). The van der Waals surface area contributed by atoms with Crippen LogP contribution in [0.5, 0.6) is 0 Å². The fraction of sp³-hybridized carbons (Fsp3) is 0.500. The molecule has 0 atom stereocenters. The van der Waals surface area contributed by atoms with E-state index in [9.17, 15) is 22.8 Å². The second kappa shape index (κ2) is 8.46. The molecule has 0 radical (unpaired) electrons. The first-order valence-electron chi connectivity index (χ1n) is 7.27. The number of rotatable bonds is 5. The molecule has 1 aromatic carbocycles. The zero-order chi connectivity index (χ0) is 19.3. The Morgan fingerprint density at radius 2 is 1.84 bits per heavy atom. The molecule has 0 unspecified atom stereocenters. The van der Waals surface area contributed by atoms with Gasteiger partial charge in [-0.15, -0.1) is 11.8 Å². The maximum absolute atomic E-state index is 12.9. The average molecular weight is 379 g/mol. The number of benzene rings is 1. The highest BCUT2D eigenvalue weighted by Gasteiger charge is 2.31. The van der Waals surface area contributed by atoms with Gasteiger partial charge in [-0.05, 0) is 44.5 Å². The van der Waals surface area contributed by atoms with E-state index < -0.39 is 29.4 Å². The van der Waals surface area contributed by atoms with Crippen LogP contribution in [0.15, 0.2) is 18.2 Å². The largest absolute Gasteiger partial charge is 0.468 e. The molecule has 0 saturated heterocycles. The van der Waals surface area contributed by atoms with Crippen LogP contribution in [0.3, 0.4) is 0 Å². The summed E-state index contributed by atoms with van der Waals surface area (Å²) in [5.41, 5.74) is -1.15. The van der Waals surface area contributed by atoms with Crippen LogP contribution in [0, 0.1) is 0 Å². The lowest BCUT2D eigenvalue weighted by molar-refractivity contribution is -0.138. The van der Waals surface area contributed by atoms with Crippen LogP contribution in [0.1, 0.15) is 31.9 Å². The second-order valence-electron chi connectivity index (χ2n) is 6.07. The third-order valence-electron chi connectivity index (χ3n) is 2.77. The summed E-state index contributed by atoms with van der Waals surface area (Å²) in [4.78, 5) is 23.0. The number of ether oxygens (including phenoxy) is 2. The molecule has 25 heavy (non-hydrogen) atoms. The third-order valence-corrected chi connectivity index (χ3v) is 3.73. The summed E-state index contributed by atoms with van der Waals surface area (Å²) in [5.74, 6) is -0.415. The maximum atomic E-state index is 12.9. The maximum Gasteiger partial charge on any atom is 0.416 e. The lowest BCUT2D eigenvalue weighted by Gasteiger charge is -2.21. The Morgan fingerprint density at radius 3 is 2.36 bits per heavy atom. The molecule has 0 fully saturated rings. The quantitative estimate of drug-likeness (QED) is 0.766. The van der Waals surface area contributed by atoms with Gasteiger partial charge in [0.1, 0.15) is 5.60 Å². The molecule has 5 nitrogen and oxygen atoms in total. The average Bonchev–Trinajstić information content (AvgIpc) is 2.45. The number of hydrogen-bond acceptors (Lipinski definition) is 5. The van der Waals surface area contributed by atoms with Crippen molar-refractivity contribution in [2.75, 3.05) is 18.2 Å². The molecule has 0 aliphatic rings. The first-order chi connectivity index (χ1) is 11.4. The van der Waals surface area contributed by atoms with Crippen LogP contribution in [0.2, 0.25) is 0 Å². The Morgan fingerprint density at radius 1 is 1.20 bits per heavy atom. The van der Waals surface area contributed by atoms with Crippen molar-refractivity contribution in [2.45, 2.75) is 38.3 Å². The summed E-state index contributed by atoms with van der Waals surface area (Å²) in [6, 6.07) is 2.99. The molecule has 1 N–H and O–H groups in total. The van der Waals surface area contributed by atoms with Gasteiger partial charge in [0.25, 0.3) is 0 Å². The molecule has 9 heteroatoms. The van der Waals surface area contributed by atoms with Gasteiger partial charge in [0.2, 0.25) is 0 Å². The Balaban J connectivity index is 2.97. The number of methoxy groups -OCH3 is 1. The number of halogens is 3. The van der Waals surface area contributed by atoms with Gasteiger partial charge in [-0.2, -0.15) is 13.2 Å². The number of esters is 1. The first-order valence-corrected chi connectivity index (χ1v) is 8.42. The van der Waals surface area contributed by atoms with Crippen LogP contribution in [0.25, 0.3) is 0 Å². The smallest absolute Gasteiger partial charge is 0.416 e. The highest BCUT2D eigenvalue weighted by Crippen LogP contribution is 2.33. The fourth-order valence-electron chi connectivity index (χ4n) is 1.73. The number of amides is 1. The lowest BCUT2D eigenvalue weighted by atomic mass is 10.1. The van der Waals surface area contributed by atoms with Gasteiger partial charge in [-0.25, -0.2) is 4.79 Å². The zero-order valence-corrected chi connectivity index (χ0v) is 15.1. The summed E-state index contributed by atoms with van der Waals surface area (Å²) in [6.45, 7) is 5.02. The standard InChI is InChI=1S/C16H20F3NO4S/c1-15(2,3)24-14(22)20-12-6-5-11(16(17,18)19)7-10(12)8-25-9-13(21)23-4/h5-7H,8-9H2,1-4H3,(H,20,22). The van der Waals surface area contributed by atoms with Crippen LogP contribution < -0.4 is 5.32 Å². The van der Waals surface area contributed by atoms with Crippen LogP contribution in [-0.4, -0.2) is 30.5 Å². The minimum Gasteiger partial charge on any atom is -0.468 e. The molecule has 0 aliphatic carbocycles. The predicted octanol–water partition coefficient (Wildman–Crippen LogP) is 4.46. The number of hydrogen-bond donors (Lipinski definition) is 1. The van der Waals surface area contributed by atoms with E-state index in [2.05, 4.69) is 10.1 Å². The van der Waals surface area contributed by atoms with Crippen molar-refractivity contribution >= 4 is 29.5 Å². The van der Waals surface area contributed by atoms with E-state index in [4.69, 9.17) is 4.74 Å². The number of carbonyl (C=O) groups is 2. The molecule has 1 aromatic rings. The highest BCUT2D eigenvalue weighted by atomic mass is 32.2. The van der Waals surface area contributed by atoms with Gasteiger partial charge in [-0.1, -0.05) is 0 Å². The van der Waals surface area contributed by atoms with Gasteiger partial charge in [-0.3, -0.25) is 10.1 Å². The van der Waals surface area contributed by atoms with Crippen molar-refractivity contribution in [1.29, 1.82) is 0 Å². The molecule has 0 aliphatic heterocycles. The highest BCUT2D eigenvalue weighted by molar-refractivity contribution is 7.99. The predicted molar refractivity (Wildman–Crippen MR) is 89.5 cm³/mol. The SMILES string of the molecule is COC(=O)CSCc1cc(C(F)(F)F)ccc1NC(=O)OC(C)(C)C. The molecular formula is C16H20F3NO4S. The normalized spacial score (nSPS) is 11.8. The van der Waals surface area contributed by atoms with E-state index in [0.717, 1.165) is 23.9 Å². The van der Waals surface area contributed by atoms with Gasteiger partial charge >= 0.3 is 18.2 Å². The summed E-state index contributed by atoms with van der Waals surface area (Å²) >= 11 is 1.08. The van der Waals surface area contributed by atoms with E-state index in [-0.39, 0.29) is 22.8 Å². The summed E-state index contributed by atoms with van der Waals surface area (Å²) in [7, 11) is 1.22. The van der Waals surface area contributed by atoms with Gasteiger partial charge in [0.15, 0.2) is 0 Å². The summed E-state index contributed by atoms with van der Waals surface area (Å²) < 4.78 is 48.3. The Labute approximate surface area is 148 Å². The number of thioether (sulfide) groups is 1. The Kier molecular flexibility index (Phi) is 7.16. The molecule has 0 spiro atoms. The minimum absolute atomic E-state index is 0.0153. The Bertz CT molecular complexity index is 627. The Hall–Kier alpha value is -1.90. The van der Waals surface area contributed by atoms with Crippen LogP contribution >= 0.6 is 11.8 Å². The molecule has 140 valence electrons. The van der Waals surface area contributed by atoms with Crippen molar-refractivity contribution in [1.82, 2.24) is 0 Å². The molecule has 0 heterocycles. The van der Waals surface area contributed by atoms with E-state index in [1.54, 1.807) is 20.8 Å². The van der Waals surface area contributed by atoms with Crippen molar-refractivity contribution in [2.24, 2.45) is 0 Å². The number of nitrogens with one attached hydrogen (secondary N) is 1. The molecule has 0 saturated carbocycles. The van der Waals surface area contributed by atoms with Crippen LogP contribution in [-0.2, 0) is 26.2 Å². The molecule has 0 aromatic heterocycles. The van der Waals surface area contributed by atoms with Gasteiger partial charge in [0.05, 0.1) is 18.4 Å². The van der Waals surface area contributed by atoms with Crippen molar-refractivity contribution < 1.29 is 32.2 Å². The van der Waals surface area contributed by atoms with Gasteiger partial charge in [0, 0.05) is 11.4 Å². The van der Waals surface area contributed by atoms with Crippen molar-refractivity contribution in [3.8, 4) is 0 Å². The molecule has 1 amide bonds. The lowest BCUT2D eigenvalue weighted by Crippen LogP contribution is -2.27.